The number of rotatable bonds is 38. The Bertz CT molecular complexity index is 2850. The molecule has 0 radical (unpaired) electrons. The molecule has 8 atom stereocenters. The molecular formula is C60H89N17O11. The molecule has 0 bridgehead atoms. The number of primary amides is 2. The first-order chi connectivity index (χ1) is 42.0. The average molecular weight is 1220 g/mol. The second-order valence-electron chi connectivity index (χ2n) is 21.7. The van der Waals surface area contributed by atoms with E-state index in [9.17, 15) is 47.9 Å². The van der Waals surface area contributed by atoms with Crippen LogP contribution >= 0.6 is 0 Å². The van der Waals surface area contributed by atoms with Crippen molar-refractivity contribution >= 4 is 71.0 Å². The Hall–Kier alpha value is -9.34. The van der Waals surface area contributed by atoms with Crippen LogP contribution in [0.15, 0.2) is 94.9 Å². The number of carbonyl (C=O) groups is 10. The number of aliphatic imine (C=N–C) groups is 2. The van der Waals surface area contributed by atoms with Crippen molar-refractivity contribution in [1.29, 1.82) is 0 Å². The molecule has 1 saturated heterocycles. The van der Waals surface area contributed by atoms with Crippen molar-refractivity contribution < 1.29 is 52.7 Å². The molecule has 28 heteroatoms. The molecule has 0 aliphatic carbocycles. The Labute approximate surface area is 512 Å². The second kappa shape index (κ2) is 37.3. The molecule has 3 aromatic rings. The minimum atomic E-state index is -1.69. The molecule has 1 aliphatic rings. The van der Waals surface area contributed by atoms with Crippen LogP contribution in [0.2, 0.25) is 0 Å². The van der Waals surface area contributed by atoms with Crippen LogP contribution in [-0.2, 0) is 67.2 Å². The molecule has 480 valence electrons. The summed E-state index contributed by atoms with van der Waals surface area (Å²) in [6.07, 6.45) is 1.00. The average Bonchev–Trinajstić information content (AvgIpc) is 2.38. The van der Waals surface area contributed by atoms with Crippen molar-refractivity contribution in [3.05, 3.63) is 102 Å². The summed E-state index contributed by atoms with van der Waals surface area (Å²) in [7, 11) is 0. The normalized spacial score (nSPS) is 15.1. The first kappa shape index (κ1) is 71.1. The smallest absolute Gasteiger partial charge is 0.245 e. The van der Waals surface area contributed by atoms with Crippen LogP contribution in [-0.4, -0.2) is 157 Å². The van der Waals surface area contributed by atoms with Crippen molar-refractivity contribution in [3.63, 3.8) is 0 Å². The third kappa shape index (κ3) is 24.9. The van der Waals surface area contributed by atoms with Crippen LogP contribution in [0.25, 0.3) is 0 Å². The zero-order valence-corrected chi connectivity index (χ0v) is 50.4. The van der Waals surface area contributed by atoms with Gasteiger partial charge in [-0.25, -0.2) is 0 Å². The predicted molar refractivity (Wildman–Crippen MR) is 330 cm³/mol. The number of hydrogen-bond donors (Lipinski definition) is 14. The fourth-order valence-electron chi connectivity index (χ4n) is 9.78. The second-order valence-corrected chi connectivity index (χ2v) is 21.7. The molecule has 21 N–H and O–H groups in total. The summed E-state index contributed by atoms with van der Waals surface area (Å²) >= 11 is 0. The molecular weight excluding hydrogens is 1130 g/mol. The van der Waals surface area contributed by atoms with Crippen LogP contribution < -0.4 is 82.1 Å². The molecule has 0 spiro atoms. The molecule has 1 aliphatic heterocycles. The van der Waals surface area contributed by atoms with Crippen molar-refractivity contribution in [2.75, 3.05) is 32.8 Å². The number of guanidine groups is 2. The lowest BCUT2D eigenvalue weighted by atomic mass is 9.99. The number of hydrogen-bond acceptors (Lipinski definition) is 14. The van der Waals surface area contributed by atoms with Gasteiger partial charge in [0.25, 0.3) is 0 Å². The minimum Gasteiger partial charge on any atom is -0.494 e. The van der Waals surface area contributed by atoms with Gasteiger partial charge in [-0.05, 0) is 106 Å². The van der Waals surface area contributed by atoms with E-state index < -0.39 is 120 Å². The summed E-state index contributed by atoms with van der Waals surface area (Å²) < 4.78 is 5.59. The lowest BCUT2D eigenvalue weighted by Gasteiger charge is -2.31. The standard InChI is InChI=1S/C60H89N17O11/c1-4-88-40-26-24-39(25-27-40)33-44(70-49(79)34-38-18-9-6-10-19-38)53(82)74-45(32-37-16-7-5-8-17-37)55(84)76-50(36(2)3)57(86)75-46(35-48(62)78)54(83)73-43(20-11-12-28-61)58(87)77-31-15-23-47(77)56(85)72-42(22-14-30-69-60(66)67)52(81)71-41(51(63)80)21-13-29-68-59(64)65/h5-10,16-19,24-27,36,41-47,50H,4,11-15,20-23,28-35,61H2,1-3H3,(H2,62,78)(H2,63,80)(H,70,79)(H,71,81)(H,72,85)(H,73,83)(H,74,82)(H,75,86)(H,76,84)(H4,64,65,68)(H4,66,67,69)/t41-,42-,43-,44+,45-,46-,47+,50-/m0/s1. The van der Waals surface area contributed by atoms with Crippen LogP contribution in [0.3, 0.4) is 0 Å². The third-order valence-corrected chi connectivity index (χ3v) is 14.3. The fourth-order valence-corrected chi connectivity index (χ4v) is 9.78. The van der Waals surface area contributed by atoms with E-state index in [-0.39, 0.29) is 95.9 Å². The Morgan fingerprint density at radius 1 is 0.557 bits per heavy atom. The van der Waals surface area contributed by atoms with Crippen LogP contribution in [0.5, 0.6) is 5.75 Å². The van der Waals surface area contributed by atoms with Gasteiger partial charge in [-0.15, -0.1) is 0 Å². The van der Waals surface area contributed by atoms with E-state index in [4.69, 9.17) is 44.9 Å². The number of benzene rings is 3. The van der Waals surface area contributed by atoms with Gasteiger partial charge in [0.1, 0.15) is 54.1 Å². The maximum Gasteiger partial charge on any atom is 0.245 e. The van der Waals surface area contributed by atoms with Gasteiger partial charge in [0.2, 0.25) is 59.1 Å². The summed E-state index contributed by atoms with van der Waals surface area (Å²) in [6.45, 7) is 6.07. The molecule has 88 heavy (non-hydrogen) atoms. The number of likely N-dealkylation sites (tertiary alicyclic amines) is 1. The minimum absolute atomic E-state index is 0.00521. The van der Waals surface area contributed by atoms with Crippen molar-refractivity contribution in [3.8, 4) is 5.75 Å². The van der Waals surface area contributed by atoms with Gasteiger partial charge in [0.05, 0.1) is 19.4 Å². The highest BCUT2D eigenvalue weighted by atomic mass is 16.5. The summed E-state index contributed by atoms with van der Waals surface area (Å²) in [5, 5.41) is 18.9. The first-order valence-corrected chi connectivity index (χ1v) is 29.6. The number of nitrogens with two attached hydrogens (primary N) is 7. The Morgan fingerprint density at radius 2 is 1.06 bits per heavy atom. The molecule has 3 aromatic carbocycles. The van der Waals surface area contributed by atoms with E-state index in [1.165, 1.54) is 4.90 Å². The lowest BCUT2D eigenvalue weighted by molar-refractivity contribution is -0.143. The van der Waals surface area contributed by atoms with Gasteiger partial charge in [0, 0.05) is 32.5 Å². The Kier molecular flexibility index (Phi) is 30.1. The monoisotopic (exact) mass is 1220 g/mol. The van der Waals surface area contributed by atoms with Crippen LogP contribution in [0.4, 0.5) is 0 Å². The van der Waals surface area contributed by atoms with Gasteiger partial charge in [-0.3, -0.25) is 57.9 Å². The summed E-state index contributed by atoms with van der Waals surface area (Å²) in [5.74, 6) is -8.27. The number of amides is 10. The van der Waals surface area contributed by atoms with Crippen molar-refractivity contribution in [2.45, 2.75) is 153 Å². The van der Waals surface area contributed by atoms with E-state index in [0.717, 1.165) is 0 Å². The van der Waals surface area contributed by atoms with Crippen molar-refractivity contribution in [2.24, 2.45) is 56.0 Å². The maximum absolute atomic E-state index is 14.6. The zero-order valence-electron chi connectivity index (χ0n) is 50.4. The van der Waals surface area contributed by atoms with E-state index in [0.29, 0.717) is 48.3 Å². The number of nitrogens with zero attached hydrogens (tertiary/aromatic N) is 3. The predicted octanol–water partition coefficient (Wildman–Crippen LogP) is -2.25. The van der Waals surface area contributed by atoms with E-state index in [1.807, 2.05) is 13.0 Å². The topological polar surface area (TPSA) is 474 Å². The quantitative estimate of drug-likeness (QED) is 0.0164. The SMILES string of the molecule is CCOc1ccc(C[C@@H](NC(=O)Cc2ccccc2)C(=O)N[C@@H](Cc2ccccc2)C(=O)N[C@H](C(=O)N[C@@H](CC(N)=O)C(=O)N[C@@H](CCCCN)C(=O)N2CCC[C@@H]2C(=O)N[C@@H](CCCN=C(N)N)C(=O)N[C@@H](CCCN=C(N)N)C(N)=O)C(C)C)cc1. The van der Waals surface area contributed by atoms with Gasteiger partial charge in [-0.1, -0.05) is 86.6 Å². The third-order valence-electron chi connectivity index (χ3n) is 14.3. The molecule has 28 nitrogen and oxygen atoms in total. The first-order valence-electron chi connectivity index (χ1n) is 29.6. The van der Waals surface area contributed by atoms with Crippen LogP contribution in [0, 0.1) is 5.92 Å². The Morgan fingerprint density at radius 3 is 1.61 bits per heavy atom. The molecule has 4 rings (SSSR count). The van der Waals surface area contributed by atoms with E-state index >= 15 is 0 Å². The highest BCUT2D eigenvalue weighted by Crippen LogP contribution is 2.22. The highest BCUT2D eigenvalue weighted by molar-refractivity contribution is 5.99. The summed E-state index contributed by atoms with van der Waals surface area (Å²) in [5.41, 5.74) is 40.9. The maximum atomic E-state index is 14.6. The molecule has 1 fully saturated rings. The van der Waals surface area contributed by atoms with Gasteiger partial charge in [0.15, 0.2) is 11.9 Å². The fraction of sp³-hybridized carbons (Fsp3) is 0.500. The molecule has 1 heterocycles. The van der Waals surface area contributed by atoms with Gasteiger partial charge < -0.3 is 87.0 Å². The highest BCUT2D eigenvalue weighted by Gasteiger charge is 2.41. The van der Waals surface area contributed by atoms with Gasteiger partial charge >= 0.3 is 0 Å². The molecule has 0 saturated carbocycles. The molecule has 0 aromatic heterocycles. The summed E-state index contributed by atoms with van der Waals surface area (Å²) in [6, 6.07) is 14.3. The number of nitrogens with one attached hydrogen (secondary N) is 7. The van der Waals surface area contributed by atoms with Gasteiger partial charge in [-0.2, -0.15) is 0 Å². The Balaban J connectivity index is 1.57. The van der Waals surface area contributed by atoms with Crippen molar-refractivity contribution in [1.82, 2.24) is 42.1 Å². The number of carbonyl (C=O) groups excluding carboxylic acids is 10. The summed E-state index contributed by atoms with van der Waals surface area (Å²) in [4.78, 5) is 148. The van der Waals surface area contributed by atoms with E-state index in [2.05, 4.69) is 47.2 Å². The largest absolute Gasteiger partial charge is 0.494 e. The zero-order chi connectivity index (χ0) is 64.7. The molecule has 0 unspecified atom stereocenters. The number of ether oxygens (including phenoxy) is 1. The molecule has 10 amide bonds. The van der Waals surface area contributed by atoms with Crippen LogP contribution in [0.1, 0.15) is 102 Å². The van der Waals surface area contributed by atoms with E-state index in [1.54, 1.807) is 92.7 Å². The lowest BCUT2D eigenvalue weighted by Crippen LogP contribution is -2.61. The number of unbranched alkanes of at least 4 members (excludes halogenated alkanes) is 1.